The van der Waals surface area contributed by atoms with Crippen molar-refractivity contribution >= 4 is 5.69 Å². The van der Waals surface area contributed by atoms with Crippen molar-refractivity contribution in [2.45, 2.75) is 0 Å². The van der Waals surface area contributed by atoms with Crippen molar-refractivity contribution in [3.8, 4) is 17.2 Å². The molecule has 5 nitrogen and oxygen atoms in total. The Bertz CT molecular complexity index is 317. The first-order chi connectivity index (χ1) is 7.76. The monoisotopic (exact) mass is 225 g/mol. The first kappa shape index (κ1) is 12.4. The lowest BCUT2D eigenvalue weighted by molar-refractivity contribution is 0.324. The lowest BCUT2D eigenvalue weighted by Gasteiger charge is -2.14. The minimum Gasteiger partial charge on any atom is -0.493 e. The van der Waals surface area contributed by atoms with E-state index in [2.05, 4.69) is 17.7 Å². The molecule has 0 aliphatic rings. The van der Waals surface area contributed by atoms with Crippen LogP contribution >= 0.6 is 0 Å². The molecule has 0 bridgehead atoms. The van der Waals surface area contributed by atoms with Gasteiger partial charge in [0.05, 0.1) is 28.0 Å². The molecule has 2 N–H and O–H groups in total. The molecule has 0 aliphatic carbocycles. The van der Waals surface area contributed by atoms with Crippen molar-refractivity contribution < 1.29 is 14.2 Å². The summed E-state index contributed by atoms with van der Waals surface area (Å²) in [5, 5.41) is 5.85. The molecule has 0 saturated heterocycles. The number of benzene rings is 1. The second kappa shape index (κ2) is 6.07. The molecule has 0 spiro atoms. The van der Waals surface area contributed by atoms with E-state index in [1.54, 1.807) is 21.3 Å². The van der Waals surface area contributed by atoms with Crippen LogP contribution in [0.1, 0.15) is 0 Å². The zero-order valence-corrected chi connectivity index (χ0v) is 9.79. The Hall–Kier alpha value is -1.62. The van der Waals surface area contributed by atoms with Crippen molar-refractivity contribution in [2.24, 2.45) is 0 Å². The van der Waals surface area contributed by atoms with Gasteiger partial charge in [-0.1, -0.05) is 0 Å². The molecule has 5 heteroatoms. The van der Waals surface area contributed by atoms with Crippen molar-refractivity contribution in [2.75, 3.05) is 33.3 Å². The Balaban J connectivity index is 3.05. The summed E-state index contributed by atoms with van der Waals surface area (Å²) < 4.78 is 15.6. The van der Waals surface area contributed by atoms with Gasteiger partial charge in [0.15, 0.2) is 11.5 Å². The topological polar surface area (TPSA) is 51.8 Å². The molecule has 0 saturated carbocycles. The van der Waals surface area contributed by atoms with Crippen LogP contribution in [-0.2, 0) is 0 Å². The largest absolute Gasteiger partial charge is 0.493 e. The van der Waals surface area contributed by atoms with E-state index in [0.29, 0.717) is 23.9 Å². The first-order valence-electron chi connectivity index (χ1n) is 4.80. The first-order valence-corrected chi connectivity index (χ1v) is 4.80. The van der Waals surface area contributed by atoms with Gasteiger partial charge in [-0.05, 0) is 0 Å². The van der Waals surface area contributed by atoms with E-state index >= 15 is 0 Å². The maximum atomic E-state index is 5.22. The fourth-order valence-corrected chi connectivity index (χ4v) is 1.35. The van der Waals surface area contributed by atoms with Crippen LogP contribution in [0, 0.1) is 7.05 Å². The molecule has 89 valence electrons. The summed E-state index contributed by atoms with van der Waals surface area (Å²) >= 11 is 0. The van der Waals surface area contributed by atoms with Gasteiger partial charge in [0, 0.05) is 24.9 Å². The van der Waals surface area contributed by atoms with Crippen molar-refractivity contribution in [1.29, 1.82) is 0 Å². The van der Waals surface area contributed by atoms with Crippen LogP contribution in [0.15, 0.2) is 12.1 Å². The molecule has 0 heterocycles. The van der Waals surface area contributed by atoms with Gasteiger partial charge in [-0.2, -0.15) is 0 Å². The molecule has 1 aromatic rings. The van der Waals surface area contributed by atoms with Crippen molar-refractivity contribution in [3.63, 3.8) is 0 Å². The van der Waals surface area contributed by atoms with Gasteiger partial charge in [-0.3, -0.25) is 5.32 Å². The van der Waals surface area contributed by atoms with Crippen LogP contribution in [0.3, 0.4) is 0 Å². The molecule has 16 heavy (non-hydrogen) atoms. The zero-order valence-electron chi connectivity index (χ0n) is 9.79. The summed E-state index contributed by atoms with van der Waals surface area (Å²) in [7, 11) is 8.26. The molecular weight excluding hydrogens is 208 g/mol. The van der Waals surface area contributed by atoms with Crippen LogP contribution in [0.5, 0.6) is 17.2 Å². The average Bonchev–Trinajstić information content (AvgIpc) is 2.34. The average molecular weight is 225 g/mol. The van der Waals surface area contributed by atoms with Crippen LogP contribution in [0.4, 0.5) is 5.69 Å². The Morgan fingerprint density at radius 3 is 2.00 bits per heavy atom. The summed E-state index contributed by atoms with van der Waals surface area (Å²) in [5.41, 5.74) is 0.866. The molecule has 1 aromatic carbocycles. The number of hydrogen-bond donors (Lipinski definition) is 2. The number of methoxy groups -OCH3 is 3. The highest BCUT2D eigenvalue weighted by atomic mass is 16.5. The molecule has 0 unspecified atom stereocenters. The number of ether oxygens (including phenoxy) is 3. The summed E-state index contributed by atoms with van der Waals surface area (Å²) in [6.07, 6.45) is 0. The SMILES string of the molecule is [CH2]NCNc1cc(OC)c(OC)c(OC)c1. The fraction of sp³-hybridized carbons (Fsp3) is 0.364. The van der Waals surface area contributed by atoms with Gasteiger partial charge in [-0.25, -0.2) is 0 Å². The second-order valence-corrected chi connectivity index (χ2v) is 3.02. The third-order valence-corrected chi connectivity index (χ3v) is 2.08. The Morgan fingerprint density at radius 1 is 1.06 bits per heavy atom. The normalized spacial score (nSPS) is 9.75. The minimum absolute atomic E-state index is 0.554. The predicted octanol–water partition coefficient (Wildman–Crippen LogP) is 1.46. The van der Waals surface area contributed by atoms with E-state index in [1.165, 1.54) is 0 Å². The number of rotatable bonds is 6. The summed E-state index contributed by atoms with van der Waals surface area (Å²) in [5.74, 6) is 1.82. The predicted molar refractivity (Wildman–Crippen MR) is 63.1 cm³/mol. The number of hydrogen-bond acceptors (Lipinski definition) is 5. The maximum absolute atomic E-state index is 5.22. The third kappa shape index (κ3) is 2.70. The third-order valence-electron chi connectivity index (χ3n) is 2.08. The van der Waals surface area contributed by atoms with Gasteiger partial charge < -0.3 is 19.5 Å². The zero-order chi connectivity index (χ0) is 12.0. The van der Waals surface area contributed by atoms with Gasteiger partial charge >= 0.3 is 0 Å². The molecule has 0 amide bonds. The molecule has 1 radical (unpaired) electrons. The molecule has 0 fully saturated rings. The van der Waals surface area contributed by atoms with E-state index in [4.69, 9.17) is 14.2 Å². The lowest BCUT2D eigenvalue weighted by Crippen LogP contribution is -2.14. The fourth-order valence-electron chi connectivity index (χ4n) is 1.35. The highest BCUT2D eigenvalue weighted by molar-refractivity contribution is 5.62. The maximum Gasteiger partial charge on any atom is 0.203 e. The number of anilines is 1. The summed E-state index contributed by atoms with van der Waals surface area (Å²) in [4.78, 5) is 0. The highest BCUT2D eigenvalue weighted by Gasteiger charge is 2.12. The van der Waals surface area contributed by atoms with E-state index in [-0.39, 0.29) is 0 Å². The van der Waals surface area contributed by atoms with E-state index < -0.39 is 0 Å². The van der Waals surface area contributed by atoms with Crippen molar-refractivity contribution in [3.05, 3.63) is 19.2 Å². The lowest BCUT2D eigenvalue weighted by atomic mass is 10.2. The quantitative estimate of drug-likeness (QED) is 0.718. The van der Waals surface area contributed by atoms with Gasteiger partial charge in [0.1, 0.15) is 0 Å². The molecule has 0 aliphatic heterocycles. The molecule has 0 atom stereocenters. The standard InChI is InChI=1S/C11H17N2O3/c1-12-7-13-8-5-9(14-2)11(16-4)10(6-8)15-3/h5-6,12-13H,1,7H2,2-4H3. The van der Waals surface area contributed by atoms with Crippen LogP contribution < -0.4 is 24.8 Å². The Labute approximate surface area is 95.7 Å². The second-order valence-electron chi connectivity index (χ2n) is 3.02. The van der Waals surface area contributed by atoms with Gasteiger partial charge in [-0.15, -0.1) is 0 Å². The highest BCUT2D eigenvalue weighted by Crippen LogP contribution is 2.39. The number of nitrogens with one attached hydrogen (secondary N) is 2. The van der Waals surface area contributed by atoms with Crippen LogP contribution in [0.2, 0.25) is 0 Å². The molecule has 0 aromatic heterocycles. The van der Waals surface area contributed by atoms with Gasteiger partial charge in [0.25, 0.3) is 0 Å². The molecular formula is C11H17N2O3. The summed E-state index contributed by atoms with van der Waals surface area (Å²) in [6, 6.07) is 3.66. The Kier molecular flexibility index (Phi) is 4.72. The van der Waals surface area contributed by atoms with Crippen LogP contribution in [0.25, 0.3) is 0 Å². The van der Waals surface area contributed by atoms with Crippen molar-refractivity contribution in [1.82, 2.24) is 5.32 Å². The van der Waals surface area contributed by atoms with Gasteiger partial charge in [0.2, 0.25) is 5.75 Å². The van der Waals surface area contributed by atoms with E-state index in [0.717, 1.165) is 5.69 Å². The molecule has 1 rings (SSSR count). The van der Waals surface area contributed by atoms with E-state index in [1.807, 2.05) is 12.1 Å². The summed E-state index contributed by atoms with van der Waals surface area (Å²) in [6.45, 7) is 0.554. The minimum atomic E-state index is 0.554. The van der Waals surface area contributed by atoms with Crippen LogP contribution in [-0.4, -0.2) is 28.0 Å². The smallest absolute Gasteiger partial charge is 0.203 e. The van der Waals surface area contributed by atoms with E-state index in [9.17, 15) is 0 Å². The Morgan fingerprint density at radius 2 is 1.62 bits per heavy atom.